The Morgan fingerprint density at radius 1 is 1.38 bits per heavy atom. The smallest absolute Gasteiger partial charge is 0.117 e. The maximum Gasteiger partial charge on any atom is 0.117 e. The van der Waals surface area contributed by atoms with E-state index in [1.165, 1.54) is 0 Å². The SMILES string of the molecule is CN(C)CCc1ccc(O)cc1N. The van der Waals surface area contributed by atoms with Gasteiger partial charge in [-0.05, 0) is 32.1 Å². The average molecular weight is 180 g/mol. The second-order valence-electron chi connectivity index (χ2n) is 3.44. The van der Waals surface area contributed by atoms with Gasteiger partial charge in [-0.2, -0.15) is 0 Å². The third-order valence-electron chi connectivity index (χ3n) is 1.96. The summed E-state index contributed by atoms with van der Waals surface area (Å²) < 4.78 is 0. The molecule has 0 saturated heterocycles. The first-order valence-electron chi connectivity index (χ1n) is 4.31. The zero-order valence-electron chi connectivity index (χ0n) is 8.12. The molecule has 0 amide bonds. The van der Waals surface area contributed by atoms with Gasteiger partial charge >= 0.3 is 0 Å². The highest BCUT2D eigenvalue weighted by molar-refractivity contribution is 5.51. The summed E-state index contributed by atoms with van der Waals surface area (Å²) in [7, 11) is 4.05. The molecule has 0 radical (unpaired) electrons. The lowest BCUT2D eigenvalue weighted by atomic mass is 10.1. The number of likely N-dealkylation sites (N-methyl/N-ethyl adjacent to an activating group) is 1. The van der Waals surface area contributed by atoms with Crippen LogP contribution in [0.5, 0.6) is 5.75 Å². The Morgan fingerprint density at radius 2 is 2.08 bits per heavy atom. The van der Waals surface area contributed by atoms with Crippen LogP contribution in [0.15, 0.2) is 18.2 Å². The van der Waals surface area contributed by atoms with E-state index in [1.54, 1.807) is 12.1 Å². The predicted molar refractivity (Wildman–Crippen MR) is 54.8 cm³/mol. The highest BCUT2D eigenvalue weighted by atomic mass is 16.3. The van der Waals surface area contributed by atoms with E-state index in [0.29, 0.717) is 5.69 Å². The summed E-state index contributed by atoms with van der Waals surface area (Å²) >= 11 is 0. The third kappa shape index (κ3) is 2.95. The first kappa shape index (κ1) is 9.86. The van der Waals surface area contributed by atoms with Crippen molar-refractivity contribution < 1.29 is 5.11 Å². The lowest BCUT2D eigenvalue weighted by Crippen LogP contribution is -2.15. The third-order valence-corrected chi connectivity index (χ3v) is 1.96. The lowest BCUT2D eigenvalue weighted by Gasteiger charge is -2.10. The molecule has 0 atom stereocenters. The van der Waals surface area contributed by atoms with E-state index >= 15 is 0 Å². The molecule has 0 saturated carbocycles. The number of nitrogen functional groups attached to an aromatic ring is 1. The van der Waals surface area contributed by atoms with Gasteiger partial charge in [0, 0.05) is 18.3 Å². The van der Waals surface area contributed by atoms with Gasteiger partial charge in [-0.1, -0.05) is 6.07 Å². The van der Waals surface area contributed by atoms with Crippen LogP contribution < -0.4 is 5.73 Å². The molecule has 0 aromatic heterocycles. The predicted octanol–water partition coefficient (Wildman–Crippen LogP) is 1.08. The number of nitrogens with zero attached hydrogens (tertiary/aromatic N) is 1. The van der Waals surface area contributed by atoms with Crippen LogP contribution in [-0.2, 0) is 6.42 Å². The van der Waals surface area contributed by atoms with Crippen LogP contribution in [-0.4, -0.2) is 30.6 Å². The van der Waals surface area contributed by atoms with Gasteiger partial charge < -0.3 is 15.7 Å². The summed E-state index contributed by atoms with van der Waals surface area (Å²) in [6, 6.07) is 5.13. The number of benzene rings is 1. The molecule has 3 N–H and O–H groups in total. The number of phenolic OH excluding ortho intramolecular Hbond substituents is 1. The number of anilines is 1. The van der Waals surface area contributed by atoms with Crippen molar-refractivity contribution in [3.63, 3.8) is 0 Å². The zero-order valence-corrected chi connectivity index (χ0v) is 8.12. The molecular formula is C10H16N2O. The van der Waals surface area contributed by atoms with E-state index in [-0.39, 0.29) is 5.75 Å². The normalized spacial score (nSPS) is 10.7. The van der Waals surface area contributed by atoms with Crippen LogP contribution in [0.4, 0.5) is 5.69 Å². The molecule has 0 heterocycles. The number of phenols is 1. The van der Waals surface area contributed by atoms with Crippen LogP contribution in [0.1, 0.15) is 5.56 Å². The fraction of sp³-hybridized carbons (Fsp3) is 0.400. The van der Waals surface area contributed by atoms with Crippen molar-refractivity contribution in [2.24, 2.45) is 0 Å². The fourth-order valence-corrected chi connectivity index (χ4v) is 1.15. The molecule has 13 heavy (non-hydrogen) atoms. The van der Waals surface area contributed by atoms with Gasteiger partial charge in [-0.25, -0.2) is 0 Å². The molecule has 1 rings (SSSR count). The Bertz CT molecular complexity index is 284. The van der Waals surface area contributed by atoms with Crippen molar-refractivity contribution in [1.82, 2.24) is 4.90 Å². The van der Waals surface area contributed by atoms with Gasteiger partial charge in [0.15, 0.2) is 0 Å². The highest BCUT2D eigenvalue weighted by Gasteiger charge is 2.00. The highest BCUT2D eigenvalue weighted by Crippen LogP contribution is 2.18. The summed E-state index contributed by atoms with van der Waals surface area (Å²) in [5, 5.41) is 9.12. The van der Waals surface area contributed by atoms with E-state index in [4.69, 9.17) is 10.8 Å². The Morgan fingerprint density at radius 3 is 2.62 bits per heavy atom. The van der Waals surface area contributed by atoms with Gasteiger partial charge in [0.25, 0.3) is 0 Å². The number of rotatable bonds is 3. The van der Waals surface area contributed by atoms with Crippen LogP contribution in [0.2, 0.25) is 0 Å². The molecule has 3 heteroatoms. The van der Waals surface area contributed by atoms with E-state index in [1.807, 2.05) is 20.2 Å². The molecule has 0 fully saturated rings. The molecule has 0 spiro atoms. The molecular weight excluding hydrogens is 164 g/mol. The largest absolute Gasteiger partial charge is 0.508 e. The van der Waals surface area contributed by atoms with Crippen molar-refractivity contribution in [2.75, 3.05) is 26.4 Å². The van der Waals surface area contributed by atoms with Gasteiger partial charge in [-0.15, -0.1) is 0 Å². The molecule has 0 aliphatic carbocycles. The second kappa shape index (κ2) is 4.14. The van der Waals surface area contributed by atoms with Crippen molar-refractivity contribution in [2.45, 2.75) is 6.42 Å². The Hall–Kier alpha value is -1.22. The average Bonchev–Trinajstić information content (AvgIpc) is 2.02. The first-order chi connectivity index (χ1) is 6.09. The second-order valence-corrected chi connectivity index (χ2v) is 3.44. The van der Waals surface area contributed by atoms with Gasteiger partial charge in [-0.3, -0.25) is 0 Å². The minimum Gasteiger partial charge on any atom is -0.508 e. The van der Waals surface area contributed by atoms with Gasteiger partial charge in [0.2, 0.25) is 0 Å². The van der Waals surface area contributed by atoms with E-state index in [9.17, 15) is 0 Å². The summed E-state index contributed by atoms with van der Waals surface area (Å²) in [5.74, 6) is 0.228. The van der Waals surface area contributed by atoms with Crippen LogP contribution in [0.25, 0.3) is 0 Å². The summed E-state index contributed by atoms with van der Waals surface area (Å²) in [5.41, 5.74) is 7.49. The quantitative estimate of drug-likeness (QED) is 0.684. The molecule has 3 nitrogen and oxygen atoms in total. The number of hydrogen-bond donors (Lipinski definition) is 2. The Balaban J connectivity index is 2.67. The standard InChI is InChI=1S/C10H16N2O/c1-12(2)6-5-8-3-4-9(13)7-10(8)11/h3-4,7,13H,5-6,11H2,1-2H3. The minimum atomic E-state index is 0.228. The fourth-order valence-electron chi connectivity index (χ4n) is 1.15. The molecule has 1 aromatic rings. The molecule has 0 bridgehead atoms. The topological polar surface area (TPSA) is 49.5 Å². The Kier molecular flexibility index (Phi) is 3.14. The molecule has 0 aliphatic rings. The van der Waals surface area contributed by atoms with Crippen LogP contribution in [0, 0.1) is 0 Å². The molecule has 0 unspecified atom stereocenters. The lowest BCUT2D eigenvalue weighted by molar-refractivity contribution is 0.413. The van der Waals surface area contributed by atoms with Crippen molar-refractivity contribution in [3.8, 4) is 5.75 Å². The molecule has 0 aliphatic heterocycles. The van der Waals surface area contributed by atoms with Crippen molar-refractivity contribution in [1.29, 1.82) is 0 Å². The maximum atomic E-state index is 9.12. The number of nitrogens with two attached hydrogens (primary N) is 1. The molecule has 1 aromatic carbocycles. The van der Waals surface area contributed by atoms with Gasteiger partial charge in [0.1, 0.15) is 5.75 Å². The van der Waals surface area contributed by atoms with E-state index < -0.39 is 0 Å². The van der Waals surface area contributed by atoms with Gasteiger partial charge in [0.05, 0.1) is 0 Å². The first-order valence-corrected chi connectivity index (χ1v) is 4.31. The van der Waals surface area contributed by atoms with Crippen LogP contribution in [0.3, 0.4) is 0 Å². The van der Waals surface area contributed by atoms with Crippen molar-refractivity contribution in [3.05, 3.63) is 23.8 Å². The monoisotopic (exact) mass is 180 g/mol. The van der Waals surface area contributed by atoms with Crippen LogP contribution >= 0.6 is 0 Å². The van der Waals surface area contributed by atoms with E-state index in [2.05, 4.69) is 4.90 Å². The van der Waals surface area contributed by atoms with E-state index in [0.717, 1.165) is 18.5 Å². The summed E-state index contributed by atoms with van der Waals surface area (Å²) in [6.07, 6.45) is 0.916. The number of hydrogen-bond acceptors (Lipinski definition) is 3. The summed E-state index contributed by atoms with van der Waals surface area (Å²) in [4.78, 5) is 2.10. The molecule has 72 valence electrons. The van der Waals surface area contributed by atoms with Crippen molar-refractivity contribution >= 4 is 5.69 Å². The summed E-state index contributed by atoms with van der Waals surface area (Å²) in [6.45, 7) is 0.967. The minimum absolute atomic E-state index is 0.228. The maximum absolute atomic E-state index is 9.12. The number of aromatic hydroxyl groups is 1. The Labute approximate surface area is 78.8 Å². The zero-order chi connectivity index (χ0) is 9.84.